The first-order valence-corrected chi connectivity index (χ1v) is 13.2. The lowest BCUT2D eigenvalue weighted by Gasteiger charge is -2.30. The van der Waals surface area contributed by atoms with Gasteiger partial charge in [0.05, 0.1) is 18.4 Å². The first-order valence-electron chi connectivity index (χ1n) is 11.8. The van der Waals surface area contributed by atoms with Crippen LogP contribution >= 0.6 is 7.92 Å². The van der Waals surface area contributed by atoms with Gasteiger partial charge < -0.3 is 4.74 Å². The van der Waals surface area contributed by atoms with Crippen molar-refractivity contribution in [3.63, 3.8) is 0 Å². The summed E-state index contributed by atoms with van der Waals surface area (Å²) in [7, 11) is 1.14. The minimum absolute atomic E-state index is 0.192. The van der Waals surface area contributed by atoms with E-state index >= 15 is 0 Å². The van der Waals surface area contributed by atoms with Crippen LogP contribution in [0.2, 0.25) is 0 Å². The van der Waals surface area contributed by atoms with Crippen molar-refractivity contribution in [2.45, 2.75) is 18.9 Å². The van der Waals surface area contributed by atoms with E-state index in [-0.39, 0.29) is 11.8 Å². The SMILES string of the molecule is COC[C@@H]1CCCN1/N=C(\C1C=CC=C1)C1C=CC=C1P(c1ccccc1)c1ccccc1. The molecule has 3 aliphatic rings. The Hall–Kier alpha value is -2.74. The van der Waals surface area contributed by atoms with Gasteiger partial charge in [0, 0.05) is 25.5 Å². The molecule has 0 bridgehead atoms. The van der Waals surface area contributed by atoms with Gasteiger partial charge >= 0.3 is 0 Å². The monoisotopic (exact) mass is 454 g/mol. The molecule has 0 aromatic heterocycles. The second kappa shape index (κ2) is 10.5. The highest BCUT2D eigenvalue weighted by atomic mass is 31.1. The predicted molar refractivity (Wildman–Crippen MR) is 141 cm³/mol. The van der Waals surface area contributed by atoms with Crippen LogP contribution in [0.1, 0.15) is 12.8 Å². The van der Waals surface area contributed by atoms with E-state index in [9.17, 15) is 0 Å². The van der Waals surface area contributed by atoms with E-state index in [1.807, 2.05) is 0 Å². The van der Waals surface area contributed by atoms with Crippen molar-refractivity contribution in [3.8, 4) is 0 Å². The number of hydrogen-bond donors (Lipinski definition) is 0. The highest BCUT2D eigenvalue weighted by Crippen LogP contribution is 2.50. The summed E-state index contributed by atoms with van der Waals surface area (Å²) in [5, 5.41) is 11.9. The first-order chi connectivity index (χ1) is 16.3. The van der Waals surface area contributed by atoms with Crippen LogP contribution in [0, 0.1) is 11.8 Å². The van der Waals surface area contributed by atoms with Gasteiger partial charge in [-0.1, -0.05) is 103 Å². The summed E-state index contributed by atoms with van der Waals surface area (Å²) >= 11 is 0. The molecule has 168 valence electrons. The molecule has 1 heterocycles. The third kappa shape index (κ3) is 4.81. The zero-order valence-electron chi connectivity index (χ0n) is 19.1. The molecule has 3 nitrogen and oxygen atoms in total. The van der Waals surface area contributed by atoms with Crippen molar-refractivity contribution in [3.05, 3.63) is 109 Å². The lowest BCUT2D eigenvalue weighted by Crippen LogP contribution is -2.32. The van der Waals surface area contributed by atoms with Gasteiger partial charge in [0.1, 0.15) is 0 Å². The van der Waals surface area contributed by atoms with E-state index < -0.39 is 7.92 Å². The second-order valence-corrected chi connectivity index (χ2v) is 10.9. The molecule has 1 aliphatic heterocycles. The molecule has 33 heavy (non-hydrogen) atoms. The van der Waals surface area contributed by atoms with Crippen LogP contribution in [0.15, 0.2) is 114 Å². The number of benzene rings is 2. The number of methoxy groups -OCH3 is 1. The van der Waals surface area contributed by atoms with Crippen molar-refractivity contribution >= 4 is 24.2 Å². The fraction of sp³-hybridized carbons (Fsp3) is 0.276. The number of ether oxygens (including phenoxy) is 1. The second-order valence-electron chi connectivity index (χ2n) is 8.70. The Morgan fingerprint density at radius 2 is 1.61 bits per heavy atom. The van der Waals surface area contributed by atoms with E-state index in [1.165, 1.54) is 28.1 Å². The molecule has 0 radical (unpaired) electrons. The zero-order valence-corrected chi connectivity index (χ0v) is 20.0. The molecule has 2 aromatic carbocycles. The minimum atomic E-state index is -0.647. The number of rotatable bonds is 8. The van der Waals surface area contributed by atoms with Crippen LogP contribution in [0.5, 0.6) is 0 Å². The number of hydrazone groups is 1. The van der Waals surface area contributed by atoms with Gasteiger partial charge in [-0.15, -0.1) is 0 Å². The fourth-order valence-corrected chi connectivity index (χ4v) is 7.53. The fourth-order valence-electron chi connectivity index (χ4n) is 4.96. The van der Waals surface area contributed by atoms with Crippen molar-refractivity contribution < 1.29 is 4.74 Å². The molecule has 2 atom stereocenters. The molecule has 0 spiro atoms. The van der Waals surface area contributed by atoms with Gasteiger partial charge in [-0.2, -0.15) is 5.10 Å². The summed E-state index contributed by atoms with van der Waals surface area (Å²) in [4.78, 5) is 0. The molecule has 2 aromatic rings. The van der Waals surface area contributed by atoms with Crippen LogP contribution in [-0.2, 0) is 4.74 Å². The van der Waals surface area contributed by atoms with E-state index in [2.05, 4.69) is 108 Å². The quantitative estimate of drug-likeness (QED) is 0.394. The van der Waals surface area contributed by atoms with Gasteiger partial charge in [0.2, 0.25) is 0 Å². The van der Waals surface area contributed by atoms with Gasteiger partial charge in [-0.05, 0) is 36.7 Å². The van der Waals surface area contributed by atoms with E-state index in [0.29, 0.717) is 6.04 Å². The van der Waals surface area contributed by atoms with Crippen LogP contribution in [0.4, 0.5) is 0 Å². The molecular weight excluding hydrogens is 423 g/mol. The maximum absolute atomic E-state index is 5.50. The van der Waals surface area contributed by atoms with E-state index in [1.54, 1.807) is 7.11 Å². The topological polar surface area (TPSA) is 24.8 Å². The molecular formula is C29H31N2OP. The molecule has 5 rings (SSSR count). The lowest BCUT2D eigenvalue weighted by molar-refractivity contribution is 0.117. The molecule has 1 fully saturated rings. The summed E-state index contributed by atoms with van der Waals surface area (Å²) in [6, 6.07) is 22.3. The van der Waals surface area contributed by atoms with Crippen LogP contribution in [-0.4, -0.2) is 37.0 Å². The van der Waals surface area contributed by atoms with Gasteiger partial charge in [-0.3, -0.25) is 5.01 Å². The normalized spacial score (nSPS) is 22.7. The Morgan fingerprint density at radius 1 is 0.939 bits per heavy atom. The highest BCUT2D eigenvalue weighted by molar-refractivity contribution is 7.76. The lowest BCUT2D eigenvalue weighted by atomic mass is 9.93. The molecule has 0 N–H and O–H groups in total. The standard InChI is InChI=1S/C29H31N2OP/c1-32-22-24-14-11-21-31(24)30-29(23-12-8-9-13-23)27-19-10-20-28(27)33(25-15-4-2-5-16-25)26-17-6-3-7-18-26/h2-10,12-13,15-20,23-24,27H,11,14,21-22H2,1H3/b30-29+/t24-,27?/m0/s1. The maximum Gasteiger partial charge on any atom is 0.0704 e. The van der Waals surface area contributed by atoms with Crippen LogP contribution in [0.25, 0.3) is 0 Å². The zero-order chi connectivity index (χ0) is 22.5. The Morgan fingerprint density at radius 3 is 2.24 bits per heavy atom. The summed E-state index contributed by atoms with van der Waals surface area (Å²) in [5.41, 5.74) is 1.22. The average Bonchev–Trinajstić information content (AvgIpc) is 3.63. The van der Waals surface area contributed by atoms with E-state index in [0.717, 1.165) is 19.6 Å². The van der Waals surface area contributed by atoms with Crippen molar-refractivity contribution in [1.29, 1.82) is 0 Å². The van der Waals surface area contributed by atoms with Crippen LogP contribution in [0.3, 0.4) is 0 Å². The molecule has 0 saturated carbocycles. The summed E-state index contributed by atoms with van der Waals surface area (Å²) in [6.45, 7) is 1.73. The molecule has 0 amide bonds. The van der Waals surface area contributed by atoms with Gasteiger partial charge in [0.25, 0.3) is 0 Å². The minimum Gasteiger partial charge on any atom is -0.382 e. The highest BCUT2D eigenvalue weighted by Gasteiger charge is 2.33. The molecule has 4 heteroatoms. The number of hydrogen-bond acceptors (Lipinski definition) is 3. The first kappa shape index (κ1) is 22.1. The van der Waals surface area contributed by atoms with Crippen molar-refractivity contribution in [2.24, 2.45) is 16.9 Å². The Labute approximate surface area is 198 Å². The summed E-state index contributed by atoms with van der Waals surface area (Å²) in [6.07, 6.45) is 18.1. The Kier molecular flexibility index (Phi) is 7.00. The molecule has 1 saturated heterocycles. The largest absolute Gasteiger partial charge is 0.382 e. The molecule has 2 aliphatic carbocycles. The average molecular weight is 455 g/mol. The molecule has 1 unspecified atom stereocenters. The van der Waals surface area contributed by atoms with Gasteiger partial charge in [-0.25, -0.2) is 0 Å². The van der Waals surface area contributed by atoms with Gasteiger partial charge in [0.15, 0.2) is 0 Å². The smallest absolute Gasteiger partial charge is 0.0704 e. The predicted octanol–water partition coefficient (Wildman–Crippen LogP) is 5.40. The summed E-state index contributed by atoms with van der Waals surface area (Å²) < 4.78 is 5.50. The van der Waals surface area contributed by atoms with Crippen LogP contribution < -0.4 is 10.6 Å². The Bertz CT molecular complexity index is 1040. The summed E-state index contributed by atoms with van der Waals surface area (Å²) in [5.74, 6) is 0.422. The third-order valence-electron chi connectivity index (χ3n) is 6.53. The van der Waals surface area contributed by atoms with E-state index in [4.69, 9.17) is 9.84 Å². The number of nitrogens with zero attached hydrogens (tertiary/aromatic N) is 2. The Balaban J connectivity index is 1.55. The third-order valence-corrected chi connectivity index (χ3v) is 9.11. The maximum atomic E-state index is 5.50. The van der Waals surface area contributed by atoms with Crippen molar-refractivity contribution in [1.82, 2.24) is 5.01 Å². The van der Waals surface area contributed by atoms with Crippen molar-refractivity contribution in [2.75, 3.05) is 20.3 Å². The number of allylic oxidation sites excluding steroid dienone is 8.